The van der Waals surface area contributed by atoms with Crippen LogP contribution in [0.1, 0.15) is 32.8 Å². The van der Waals surface area contributed by atoms with E-state index in [2.05, 4.69) is 44.9 Å². The number of nitrogens with one attached hydrogen (secondary N) is 3. The Hall–Kier alpha value is -2.81. The first-order valence-electron chi connectivity index (χ1n) is 9.67. The summed E-state index contributed by atoms with van der Waals surface area (Å²) in [4.78, 5) is 28.9. The van der Waals surface area contributed by atoms with E-state index in [0.29, 0.717) is 34.4 Å². The summed E-state index contributed by atoms with van der Waals surface area (Å²) in [7, 11) is 0. The summed E-state index contributed by atoms with van der Waals surface area (Å²) in [5.41, 5.74) is 3.19. The molecule has 0 saturated heterocycles. The Morgan fingerprint density at radius 3 is 2.62 bits per heavy atom. The zero-order valence-corrected chi connectivity index (χ0v) is 17.6. The van der Waals surface area contributed by atoms with E-state index in [1.807, 2.05) is 19.1 Å². The fourth-order valence-corrected chi connectivity index (χ4v) is 3.82. The number of carbonyl (C=O) groups is 2. The number of carbonyl (C=O) groups excluding carboxylic acids is 2. The SMILES string of the molecule is CCOC(=O)C1=C(CSc2n[nH]c(-c3ccc(CC)cc3)n2)NC(=O)N[C@H]1CC. The lowest BCUT2D eigenvalue weighted by atomic mass is 10.0. The summed E-state index contributed by atoms with van der Waals surface area (Å²) in [6.07, 6.45) is 1.57. The number of nitrogens with zero attached hydrogens (tertiary/aromatic N) is 2. The van der Waals surface area contributed by atoms with Crippen LogP contribution >= 0.6 is 11.8 Å². The first kappa shape index (κ1) is 20.9. The fourth-order valence-electron chi connectivity index (χ4n) is 3.05. The molecule has 29 heavy (non-hydrogen) atoms. The molecule has 2 aromatic rings. The molecule has 154 valence electrons. The van der Waals surface area contributed by atoms with E-state index in [9.17, 15) is 9.59 Å². The van der Waals surface area contributed by atoms with Gasteiger partial charge in [-0.2, -0.15) is 0 Å². The third-order valence-electron chi connectivity index (χ3n) is 4.59. The standard InChI is InChI=1S/C20H25N5O3S/c1-4-12-7-9-13(10-8-12)17-23-20(25-24-17)29-11-15-16(18(26)28-6-3)14(5-2)21-19(27)22-15/h7-10,14H,4-6,11H2,1-3H3,(H2,21,22,27)(H,23,24,25)/t14-/m0/s1. The minimum Gasteiger partial charge on any atom is -0.463 e. The summed E-state index contributed by atoms with van der Waals surface area (Å²) in [5.74, 6) is 0.606. The van der Waals surface area contributed by atoms with Gasteiger partial charge < -0.3 is 15.4 Å². The van der Waals surface area contributed by atoms with Gasteiger partial charge in [0.25, 0.3) is 0 Å². The van der Waals surface area contributed by atoms with Crippen LogP contribution in [0.15, 0.2) is 40.7 Å². The molecule has 1 atom stereocenters. The molecule has 1 aliphatic heterocycles. The van der Waals surface area contributed by atoms with Gasteiger partial charge in [0.2, 0.25) is 5.16 Å². The van der Waals surface area contributed by atoms with Gasteiger partial charge in [-0.15, -0.1) is 5.10 Å². The van der Waals surface area contributed by atoms with Crippen LogP contribution in [0.3, 0.4) is 0 Å². The minimum atomic E-state index is -0.422. The Balaban J connectivity index is 1.76. The number of aromatic nitrogens is 3. The van der Waals surface area contributed by atoms with E-state index >= 15 is 0 Å². The van der Waals surface area contributed by atoms with Gasteiger partial charge in [-0.1, -0.05) is 49.9 Å². The molecular weight excluding hydrogens is 390 g/mol. The lowest BCUT2D eigenvalue weighted by Crippen LogP contribution is -2.50. The second kappa shape index (κ2) is 9.60. The maximum Gasteiger partial charge on any atom is 0.337 e. The Kier molecular flexibility index (Phi) is 6.92. The lowest BCUT2D eigenvalue weighted by molar-refractivity contribution is -0.139. The Labute approximate surface area is 173 Å². The molecule has 3 rings (SSSR count). The maximum atomic E-state index is 12.4. The van der Waals surface area contributed by atoms with Crippen molar-refractivity contribution in [3.05, 3.63) is 41.1 Å². The first-order valence-corrected chi connectivity index (χ1v) is 10.7. The highest BCUT2D eigenvalue weighted by molar-refractivity contribution is 7.99. The van der Waals surface area contributed by atoms with Gasteiger partial charge in [0, 0.05) is 17.0 Å². The predicted octanol–water partition coefficient (Wildman–Crippen LogP) is 3.03. The van der Waals surface area contributed by atoms with Gasteiger partial charge in [0.1, 0.15) is 0 Å². The molecular formula is C20H25N5O3S. The number of H-pyrrole nitrogens is 1. The van der Waals surface area contributed by atoms with Crippen LogP contribution in [0.5, 0.6) is 0 Å². The van der Waals surface area contributed by atoms with Crippen molar-refractivity contribution in [3.8, 4) is 11.4 Å². The molecule has 2 heterocycles. The van der Waals surface area contributed by atoms with Crippen molar-refractivity contribution in [3.63, 3.8) is 0 Å². The monoisotopic (exact) mass is 415 g/mol. The van der Waals surface area contributed by atoms with Gasteiger partial charge in [-0.3, -0.25) is 5.10 Å². The molecule has 0 radical (unpaired) electrons. The van der Waals surface area contributed by atoms with Crippen LogP contribution in [0, 0.1) is 0 Å². The van der Waals surface area contributed by atoms with Crippen molar-refractivity contribution >= 4 is 23.8 Å². The zero-order chi connectivity index (χ0) is 20.8. The van der Waals surface area contributed by atoms with Crippen molar-refractivity contribution in [1.29, 1.82) is 0 Å². The summed E-state index contributed by atoms with van der Waals surface area (Å²) in [5, 5.41) is 13.2. The number of aryl methyl sites for hydroxylation is 1. The summed E-state index contributed by atoms with van der Waals surface area (Å²) in [6.45, 7) is 6.05. The van der Waals surface area contributed by atoms with E-state index in [-0.39, 0.29) is 18.7 Å². The number of thioether (sulfide) groups is 1. The third-order valence-corrected chi connectivity index (χ3v) is 5.47. The molecule has 0 aliphatic carbocycles. The summed E-state index contributed by atoms with van der Waals surface area (Å²) < 4.78 is 5.18. The number of urea groups is 1. The van der Waals surface area contributed by atoms with Gasteiger partial charge in [-0.05, 0) is 25.3 Å². The molecule has 8 nitrogen and oxygen atoms in total. The van der Waals surface area contributed by atoms with Crippen molar-refractivity contribution in [2.45, 2.75) is 44.8 Å². The molecule has 0 bridgehead atoms. The topological polar surface area (TPSA) is 109 Å². The van der Waals surface area contributed by atoms with E-state index in [4.69, 9.17) is 4.74 Å². The molecule has 1 aliphatic rings. The Morgan fingerprint density at radius 2 is 1.97 bits per heavy atom. The average molecular weight is 416 g/mol. The number of aromatic amines is 1. The fraction of sp³-hybridized carbons (Fsp3) is 0.400. The molecule has 1 aromatic heterocycles. The number of ether oxygens (including phenoxy) is 1. The van der Waals surface area contributed by atoms with Crippen molar-refractivity contribution in [2.75, 3.05) is 12.4 Å². The van der Waals surface area contributed by atoms with Crippen molar-refractivity contribution in [2.24, 2.45) is 0 Å². The zero-order valence-electron chi connectivity index (χ0n) is 16.7. The van der Waals surface area contributed by atoms with Crippen molar-refractivity contribution < 1.29 is 14.3 Å². The predicted molar refractivity (Wildman–Crippen MR) is 111 cm³/mol. The molecule has 9 heteroatoms. The van der Waals surface area contributed by atoms with E-state index in [1.165, 1.54) is 17.3 Å². The molecule has 1 aromatic carbocycles. The highest BCUT2D eigenvalue weighted by atomic mass is 32.2. The second-order valence-corrected chi connectivity index (χ2v) is 7.42. The number of benzene rings is 1. The van der Waals surface area contributed by atoms with Crippen LogP contribution in [-0.4, -0.2) is 45.6 Å². The second-order valence-electron chi connectivity index (χ2n) is 6.48. The van der Waals surface area contributed by atoms with Gasteiger partial charge in [0.05, 0.1) is 18.2 Å². The molecule has 0 saturated carbocycles. The average Bonchev–Trinajstić information content (AvgIpc) is 3.21. The quantitative estimate of drug-likeness (QED) is 0.452. The van der Waals surface area contributed by atoms with Crippen LogP contribution in [0.4, 0.5) is 4.79 Å². The number of amides is 2. The van der Waals surface area contributed by atoms with Crippen molar-refractivity contribution in [1.82, 2.24) is 25.8 Å². The lowest BCUT2D eigenvalue weighted by Gasteiger charge is -2.28. The van der Waals surface area contributed by atoms with Crippen LogP contribution in [0.2, 0.25) is 0 Å². The Bertz CT molecular complexity index is 907. The number of hydrogen-bond acceptors (Lipinski definition) is 6. The van der Waals surface area contributed by atoms with Gasteiger partial charge >= 0.3 is 12.0 Å². The van der Waals surface area contributed by atoms with Crippen LogP contribution in [-0.2, 0) is 16.0 Å². The van der Waals surface area contributed by atoms with Crippen LogP contribution < -0.4 is 10.6 Å². The van der Waals surface area contributed by atoms with E-state index in [1.54, 1.807) is 6.92 Å². The van der Waals surface area contributed by atoms with E-state index < -0.39 is 5.97 Å². The number of rotatable bonds is 8. The minimum absolute atomic E-state index is 0.272. The Morgan fingerprint density at radius 1 is 1.21 bits per heavy atom. The third kappa shape index (κ3) is 4.97. The maximum absolute atomic E-state index is 12.4. The molecule has 0 unspecified atom stereocenters. The molecule has 0 spiro atoms. The number of esters is 1. The smallest absolute Gasteiger partial charge is 0.337 e. The normalized spacial score (nSPS) is 16.4. The number of hydrogen-bond donors (Lipinski definition) is 3. The first-order chi connectivity index (χ1) is 14.0. The highest BCUT2D eigenvalue weighted by Gasteiger charge is 2.31. The van der Waals surface area contributed by atoms with E-state index in [0.717, 1.165) is 12.0 Å². The highest BCUT2D eigenvalue weighted by Crippen LogP contribution is 2.24. The summed E-state index contributed by atoms with van der Waals surface area (Å²) >= 11 is 1.34. The van der Waals surface area contributed by atoms with Crippen LogP contribution in [0.25, 0.3) is 11.4 Å². The van der Waals surface area contributed by atoms with Gasteiger partial charge in [-0.25, -0.2) is 14.6 Å². The molecule has 0 fully saturated rings. The molecule has 3 N–H and O–H groups in total. The molecule has 2 amide bonds. The summed E-state index contributed by atoms with van der Waals surface area (Å²) in [6, 6.07) is 7.44. The van der Waals surface area contributed by atoms with Gasteiger partial charge in [0.15, 0.2) is 5.82 Å². The largest absolute Gasteiger partial charge is 0.463 e.